The van der Waals surface area contributed by atoms with Gasteiger partial charge in [-0.15, -0.1) is 0 Å². The van der Waals surface area contributed by atoms with Crippen LogP contribution in [0.15, 0.2) is 24.3 Å². The summed E-state index contributed by atoms with van der Waals surface area (Å²) < 4.78 is 0. The third kappa shape index (κ3) is 2.53. The lowest BCUT2D eigenvalue weighted by Gasteiger charge is -2.39. The third-order valence-electron chi connectivity index (χ3n) is 4.73. The number of nitrogens with zero attached hydrogens (tertiary/aromatic N) is 1. The summed E-state index contributed by atoms with van der Waals surface area (Å²) >= 11 is 0. The minimum absolute atomic E-state index is 0.0385. The maximum Gasteiger partial charge on any atom is 0.326 e. The van der Waals surface area contributed by atoms with E-state index in [1.165, 1.54) is 0 Å². The second-order valence-corrected chi connectivity index (χ2v) is 6.00. The van der Waals surface area contributed by atoms with Crippen molar-refractivity contribution in [3.05, 3.63) is 35.4 Å². The highest BCUT2D eigenvalue weighted by Gasteiger charge is 2.39. The summed E-state index contributed by atoms with van der Waals surface area (Å²) in [5, 5.41) is 12.6. The van der Waals surface area contributed by atoms with E-state index in [0.29, 0.717) is 18.9 Å². The molecule has 0 aliphatic carbocycles. The summed E-state index contributed by atoms with van der Waals surface area (Å²) in [6.45, 7) is 3.99. The molecule has 21 heavy (non-hydrogen) atoms. The van der Waals surface area contributed by atoms with E-state index in [9.17, 15) is 14.7 Å². The van der Waals surface area contributed by atoms with Crippen LogP contribution in [0, 0.1) is 11.8 Å². The smallest absolute Gasteiger partial charge is 0.326 e. The van der Waals surface area contributed by atoms with Crippen LogP contribution >= 0.6 is 0 Å². The van der Waals surface area contributed by atoms with Crippen LogP contribution in [0.4, 0.5) is 0 Å². The lowest BCUT2D eigenvalue weighted by Crippen LogP contribution is -2.55. The van der Waals surface area contributed by atoms with Crippen LogP contribution in [0.2, 0.25) is 0 Å². The lowest BCUT2D eigenvalue weighted by molar-refractivity contribution is -0.154. The Balaban J connectivity index is 1.85. The molecule has 1 aromatic carbocycles. The zero-order chi connectivity index (χ0) is 15.0. The number of nitrogens with one attached hydrogen (secondary N) is 1. The van der Waals surface area contributed by atoms with Crippen LogP contribution in [0.25, 0.3) is 0 Å². The van der Waals surface area contributed by atoms with Gasteiger partial charge in [-0.3, -0.25) is 4.79 Å². The second kappa shape index (κ2) is 5.48. The van der Waals surface area contributed by atoms with E-state index in [0.717, 1.165) is 24.2 Å². The van der Waals surface area contributed by atoms with E-state index in [4.69, 9.17) is 0 Å². The Morgan fingerprint density at radius 2 is 1.95 bits per heavy atom. The van der Waals surface area contributed by atoms with E-state index in [-0.39, 0.29) is 11.8 Å². The maximum atomic E-state index is 12.7. The maximum absolute atomic E-state index is 12.7. The van der Waals surface area contributed by atoms with Gasteiger partial charge in [-0.25, -0.2) is 4.79 Å². The Morgan fingerprint density at radius 1 is 1.29 bits per heavy atom. The van der Waals surface area contributed by atoms with Gasteiger partial charge < -0.3 is 15.3 Å². The Labute approximate surface area is 123 Å². The van der Waals surface area contributed by atoms with Crippen molar-refractivity contribution in [2.45, 2.75) is 25.9 Å². The number of carbonyl (C=O) groups is 2. The van der Waals surface area contributed by atoms with Gasteiger partial charge in [0.25, 0.3) is 0 Å². The van der Waals surface area contributed by atoms with Crippen molar-refractivity contribution in [3.63, 3.8) is 0 Å². The van der Waals surface area contributed by atoms with Gasteiger partial charge in [0.05, 0.1) is 0 Å². The number of carboxylic acid groups (broad SMARTS) is 1. The van der Waals surface area contributed by atoms with Gasteiger partial charge in [0.2, 0.25) is 5.91 Å². The molecular weight excluding hydrogens is 268 g/mol. The summed E-state index contributed by atoms with van der Waals surface area (Å²) in [4.78, 5) is 25.8. The van der Waals surface area contributed by atoms with Crippen molar-refractivity contribution in [2.24, 2.45) is 11.8 Å². The number of hydrogen-bond donors (Lipinski definition) is 2. The average Bonchev–Trinajstić information content (AvgIpc) is 2.43. The van der Waals surface area contributed by atoms with E-state index in [1.54, 1.807) is 4.90 Å². The molecule has 3 rings (SSSR count). The largest absolute Gasteiger partial charge is 0.480 e. The van der Waals surface area contributed by atoms with Gasteiger partial charge in [0, 0.05) is 18.9 Å². The molecule has 0 aromatic heterocycles. The quantitative estimate of drug-likeness (QED) is 0.866. The first kappa shape index (κ1) is 14.1. The summed E-state index contributed by atoms with van der Waals surface area (Å²) in [7, 11) is 0. The number of carboxylic acids is 1. The predicted molar refractivity (Wildman–Crippen MR) is 77.6 cm³/mol. The summed E-state index contributed by atoms with van der Waals surface area (Å²) in [5.74, 6) is -0.761. The summed E-state index contributed by atoms with van der Waals surface area (Å²) in [6.07, 6.45) is 0.396. The molecule has 1 fully saturated rings. The summed E-state index contributed by atoms with van der Waals surface area (Å²) in [5.41, 5.74) is 2.09. The number of fused-ring (bicyclic) bond motifs is 1. The SMILES string of the molecule is CC(C(=O)N1Cc2ccccc2C[C@H]1C(=O)O)C1CNC1. The molecule has 1 unspecified atom stereocenters. The third-order valence-corrected chi connectivity index (χ3v) is 4.73. The Hall–Kier alpha value is -1.88. The summed E-state index contributed by atoms with van der Waals surface area (Å²) in [6, 6.07) is 7.03. The van der Waals surface area contributed by atoms with Gasteiger partial charge in [0.1, 0.15) is 6.04 Å². The number of rotatable bonds is 3. The first-order valence-electron chi connectivity index (χ1n) is 7.38. The Morgan fingerprint density at radius 3 is 2.52 bits per heavy atom. The number of hydrogen-bond acceptors (Lipinski definition) is 3. The fourth-order valence-electron chi connectivity index (χ4n) is 3.10. The highest BCUT2D eigenvalue weighted by atomic mass is 16.4. The molecule has 0 spiro atoms. The van der Waals surface area contributed by atoms with E-state index in [1.807, 2.05) is 31.2 Å². The normalized spacial score (nSPS) is 23.1. The molecule has 2 heterocycles. The lowest BCUT2D eigenvalue weighted by atomic mass is 9.86. The number of carbonyl (C=O) groups excluding carboxylic acids is 1. The van der Waals surface area contributed by atoms with E-state index in [2.05, 4.69) is 5.32 Å². The Bertz CT molecular complexity index is 568. The molecule has 0 saturated carbocycles. The zero-order valence-corrected chi connectivity index (χ0v) is 12.1. The fraction of sp³-hybridized carbons (Fsp3) is 0.500. The van der Waals surface area contributed by atoms with Gasteiger partial charge in [-0.05, 0) is 30.1 Å². The van der Waals surface area contributed by atoms with Crippen LogP contribution in [-0.2, 0) is 22.6 Å². The van der Waals surface area contributed by atoms with Gasteiger partial charge in [0.15, 0.2) is 0 Å². The second-order valence-electron chi connectivity index (χ2n) is 6.00. The minimum atomic E-state index is -0.920. The highest BCUT2D eigenvalue weighted by Crippen LogP contribution is 2.27. The fourth-order valence-corrected chi connectivity index (χ4v) is 3.10. The highest BCUT2D eigenvalue weighted by molar-refractivity contribution is 5.86. The molecule has 5 heteroatoms. The first-order chi connectivity index (χ1) is 10.1. The van der Waals surface area contributed by atoms with Crippen LogP contribution in [0.3, 0.4) is 0 Å². The van der Waals surface area contributed by atoms with Crippen molar-refractivity contribution in [1.82, 2.24) is 10.2 Å². The number of aliphatic carboxylic acids is 1. The molecule has 1 saturated heterocycles. The Kier molecular flexibility index (Phi) is 3.68. The molecule has 1 amide bonds. The molecular formula is C16H20N2O3. The van der Waals surface area contributed by atoms with Crippen molar-refractivity contribution in [2.75, 3.05) is 13.1 Å². The molecule has 2 aliphatic rings. The van der Waals surface area contributed by atoms with Gasteiger partial charge >= 0.3 is 5.97 Å². The molecule has 5 nitrogen and oxygen atoms in total. The molecule has 2 atom stereocenters. The average molecular weight is 288 g/mol. The van der Waals surface area contributed by atoms with Crippen LogP contribution < -0.4 is 5.32 Å². The van der Waals surface area contributed by atoms with Gasteiger partial charge in [-0.2, -0.15) is 0 Å². The van der Waals surface area contributed by atoms with Crippen LogP contribution in [-0.4, -0.2) is 41.0 Å². The predicted octanol–water partition coefficient (Wildman–Crippen LogP) is 0.880. The molecule has 0 radical (unpaired) electrons. The molecule has 2 N–H and O–H groups in total. The standard InChI is InChI=1S/C16H20N2O3/c1-10(13-7-17-8-13)15(19)18-9-12-5-3-2-4-11(12)6-14(18)16(20)21/h2-5,10,13-14,17H,6-9H2,1H3,(H,20,21)/t10?,14-/m0/s1. The van der Waals surface area contributed by atoms with Crippen LogP contribution in [0.5, 0.6) is 0 Å². The van der Waals surface area contributed by atoms with E-state index < -0.39 is 12.0 Å². The zero-order valence-electron chi connectivity index (χ0n) is 12.1. The van der Waals surface area contributed by atoms with Crippen LogP contribution in [0.1, 0.15) is 18.1 Å². The van der Waals surface area contributed by atoms with E-state index >= 15 is 0 Å². The van der Waals surface area contributed by atoms with Crippen molar-refractivity contribution in [3.8, 4) is 0 Å². The first-order valence-corrected chi connectivity index (χ1v) is 7.38. The van der Waals surface area contributed by atoms with Crippen molar-refractivity contribution < 1.29 is 14.7 Å². The van der Waals surface area contributed by atoms with Crippen molar-refractivity contribution >= 4 is 11.9 Å². The molecule has 2 aliphatic heterocycles. The molecule has 1 aromatic rings. The number of amides is 1. The number of benzene rings is 1. The monoisotopic (exact) mass is 288 g/mol. The molecule has 0 bridgehead atoms. The topological polar surface area (TPSA) is 69.6 Å². The van der Waals surface area contributed by atoms with Gasteiger partial charge in [-0.1, -0.05) is 31.2 Å². The molecule has 112 valence electrons. The van der Waals surface area contributed by atoms with Crippen molar-refractivity contribution in [1.29, 1.82) is 0 Å². The minimum Gasteiger partial charge on any atom is -0.480 e.